The lowest BCUT2D eigenvalue weighted by molar-refractivity contribution is -0.124. The highest BCUT2D eigenvalue weighted by atomic mass is 16.5. The molecule has 0 aromatic carbocycles. The molecule has 98 valence electrons. The zero-order chi connectivity index (χ0) is 13.1. The summed E-state index contributed by atoms with van der Waals surface area (Å²) in [5, 5.41) is 6.63. The van der Waals surface area contributed by atoms with Crippen molar-refractivity contribution in [1.82, 2.24) is 9.78 Å². The third-order valence-electron chi connectivity index (χ3n) is 2.80. The number of hydrogen-bond acceptors (Lipinski definition) is 4. The lowest BCUT2D eigenvalue weighted by Gasteiger charge is -2.09. The predicted octanol–water partition coefficient (Wildman–Crippen LogP) is 0.119. The van der Waals surface area contributed by atoms with Crippen LogP contribution in [0.2, 0.25) is 0 Å². The summed E-state index contributed by atoms with van der Waals surface area (Å²) in [6.07, 6.45) is 2.71. The van der Waals surface area contributed by atoms with E-state index < -0.39 is 12.0 Å². The molecule has 1 aliphatic rings. The number of anilines is 1. The van der Waals surface area contributed by atoms with Gasteiger partial charge in [-0.3, -0.25) is 14.3 Å². The van der Waals surface area contributed by atoms with Crippen LogP contribution in [0.3, 0.4) is 0 Å². The zero-order valence-corrected chi connectivity index (χ0v) is 10.2. The van der Waals surface area contributed by atoms with Crippen LogP contribution in [0, 0.1) is 0 Å². The quantitative estimate of drug-likeness (QED) is 0.794. The fraction of sp³-hybridized carbons (Fsp3) is 0.545. The molecular weight excluding hydrogens is 236 g/mol. The minimum absolute atomic E-state index is 0.0724. The van der Waals surface area contributed by atoms with Gasteiger partial charge in [0.1, 0.15) is 6.10 Å². The number of nitrogens with one attached hydrogen (secondary N) is 1. The number of nitrogens with two attached hydrogens (primary N) is 1. The van der Waals surface area contributed by atoms with Gasteiger partial charge in [0.25, 0.3) is 11.8 Å². The first-order chi connectivity index (χ1) is 8.61. The fourth-order valence-corrected chi connectivity index (χ4v) is 1.85. The Bertz CT molecular complexity index is 463. The summed E-state index contributed by atoms with van der Waals surface area (Å²) >= 11 is 0. The Labute approximate surface area is 104 Å². The van der Waals surface area contributed by atoms with E-state index in [4.69, 9.17) is 10.5 Å². The molecular formula is C11H16N4O3. The van der Waals surface area contributed by atoms with E-state index in [2.05, 4.69) is 10.4 Å². The molecule has 1 aromatic rings. The number of ether oxygens (including phenoxy) is 1. The summed E-state index contributed by atoms with van der Waals surface area (Å²) in [7, 11) is 0. The van der Waals surface area contributed by atoms with Crippen molar-refractivity contribution in [3.8, 4) is 0 Å². The van der Waals surface area contributed by atoms with Crippen LogP contribution in [-0.4, -0.2) is 34.3 Å². The van der Waals surface area contributed by atoms with Gasteiger partial charge in [-0.1, -0.05) is 0 Å². The largest absolute Gasteiger partial charge is 0.368 e. The van der Waals surface area contributed by atoms with Crippen molar-refractivity contribution >= 4 is 17.5 Å². The van der Waals surface area contributed by atoms with Crippen LogP contribution in [0.25, 0.3) is 0 Å². The SMILES string of the molecule is CCn1cc(NC(=O)C2CCCO2)c(C(N)=O)n1. The number of hydrogen-bond donors (Lipinski definition) is 2. The van der Waals surface area contributed by atoms with Gasteiger partial charge in [-0.25, -0.2) is 0 Å². The second-order valence-electron chi connectivity index (χ2n) is 4.10. The minimum atomic E-state index is -0.662. The van der Waals surface area contributed by atoms with Crippen molar-refractivity contribution in [1.29, 1.82) is 0 Å². The van der Waals surface area contributed by atoms with Crippen LogP contribution in [0.5, 0.6) is 0 Å². The standard InChI is InChI=1S/C11H16N4O3/c1-2-15-6-7(9(14-15)10(12)16)13-11(17)8-4-3-5-18-8/h6,8H,2-5H2,1H3,(H2,12,16)(H,13,17). The van der Waals surface area contributed by atoms with E-state index in [1.807, 2.05) is 6.92 Å². The van der Waals surface area contributed by atoms with Gasteiger partial charge in [-0.15, -0.1) is 0 Å². The number of carbonyl (C=O) groups is 2. The Morgan fingerprint density at radius 2 is 2.44 bits per heavy atom. The van der Waals surface area contributed by atoms with Crippen LogP contribution < -0.4 is 11.1 Å². The van der Waals surface area contributed by atoms with Gasteiger partial charge in [-0.05, 0) is 19.8 Å². The van der Waals surface area contributed by atoms with E-state index in [0.717, 1.165) is 6.42 Å². The Morgan fingerprint density at radius 3 is 3.00 bits per heavy atom. The first-order valence-corrected chi connectivity index (χ1v) is 5.91. The normalized spacial score (nSPS) is 18.8. The maximum atomic E-state index is 11.9. The molecule has 1 unspecified atom stereocenters. The molecule has 7 heteroatoms. The molecule has 7 nitrogen and oxygen atoms in total. The van der Waals surface area contributed by atoms with Crippen LogP contribution >= 0.6 is 0 Å². The monoisotopic (exact) mass is 252 g/mol. The van der Waals surface area contributed by atoms with Gasteiger partial charge >= 0.3 is 0 Å². The second-order valence-corrected chi connectivity index (χ2v) is 4.10. The van der Waals surface area contributed by atoms with Crippen LogP contribution in [0.15, 0.2) is 6.20 Å². The smallest absolute Gasteiger partial charge is 0.271 e. The number of aryl methyl sites for hydroxylation is 1. The van der Waals surface area contributed by atoms with Gasteiger partial charge < -0.3 is 15.8 Å². The van der Waals surface area contributed by atoms with E-state index in [1.165, 1.54) is 0 Å². The summed E-state index contributed by atoms with van der Waals surface area (Å²) in [5.74, 6) is -0.921. The Morgan fingerprint density at radius 1 is 1.67 bits per heavy atom. The average Bonchev–Trinajstić information content (AvgIpc) is 2.97. The van der Waals surface area contributed by atoms with Crippen LogP contribution in [-0.2, 0) is 16.1 Å². The van der Waals surface area contributed by atoms with Crippen molar-refractivity contribution < 1.29 is 14.3 Å². The molecule has 1 fully saturated rings. The lowest BCUT2D eigenvalue weighted by atomic mass is 10.2. The van der Waals surface area contributed by atoms with Crippen molar-refractivity contribution in [3.63, 3.8) is 0 Å². The minimum Gasteiger partial charge on any atom is -0.368 e. The summed E-state index contributed by atoms with van der Waals surface area (Å²) < 4.78 is 6.81. The maximum Gasteiger partial charge on any atom is 0.271 e. The molecule has 18 heavy (non-hydrogen) atoms. The summed E-state index contributed by atoms with van der Waals surface area (Å²) in [6, 6.07) is 0. The van der Waals surface area contributed by atoms with Crippen molar-refractivity contribution in [2.24, 2.45) is 5.73 Å². The number of aromatic nitrogens is 2. The summed E-state index contributed by atoms with van der Waals surface area (Å²) in [4.78, 5) is 23.1. The van der Waals surface area contributed by atoms with E-state index in [1.54, 1.807) is 10.9 Å². The summed E-state index contributed by atoms with van der Waals surface area (Å²) in [5.41, 5.74) is 5.62. The molecule has 2 amide bonds. The second kappa shape index (κ2) is 5.18. The lowest BCUT2D eigenvalue weighted by Crippen LogP contribution is -2.28. The molecule has 0 bridgehead atoms. The summed E-state index contributed by atoms with van der Waals surface area (Å²) in [6.45, 7) is 3.06. The highest BCUT2D eigenvalue weighted by molar-refractivity contribution is 6.02. The van der Waals surface area contributed by atoms with Crippen LogP contribution in [0.4, 0.5) is 5.69 Å². The number of rotatable bonds is 4. The number of carbonyl (C=O) groups excluding carboxylic acids is 2. The van der Waals surface area contributed by atoms with Gasteiger partial charge in [0.05, 0.1) is 5.69 Å². The fourth-order valence-electron chi connectivity index (χ4n) is 1.85. The molecule has 1 aromatic heterocycles. The predicted molar refractivity (Wildman–Crippen MR) is 64.0 cm³/mol. The maximum absolute atomic E-state index is 11.9. The van der Waals surface area contributed by atoms with Crippen molar-refractivity contribution in [2.45, 2.75) is 32.4 Å². The molecule has 0 aliphatic carbocycles. The van der Waals surface area contributed by atoms with Gasteiger partial charge in [0.15, 0.2) is 5.69 Å². The highest BCUT2D eigenvalue weighted by Gasteiger charge is 2.25. The molecule has 1 aliphatic heterocycles. The molecule has 0 spiro atoms. The molecule has 1 saturated heterocycles. The Balaban J connectivity index is 2.14. The molecule has 1 atom stereocenters. The van der Waals surface area contributed by atoms with Crippen LogP contribution in [0.1, 0.15) is 30.3 Å². The van der Waals surface area contributed by atoms with Gasteiger partial charge in [-0.2, -0.15) is 5.10 Å². The van der Waals surface area contributed by atoms with E-state index >= 15 is 0 Å². The van der Waals surface area contributed by atoms with Crippen molar-refractivity contribution in [3.05, 3.63) is 11.9 Å². The molecule has 2 rings (SSSR count). The number of amides is 2. The third-order valence-corrected chi connectivity index (χ3v) is 2.80. The zero-order valence-electron chi connectivity index (χ0n) is 10.2. The Kier molecular flexibility index (Phi) is 3.61. The van der Waals surface area contributed by atoms with E-state index in [-0.39, 0.29) is 11.6 Å². The molecule has 2 heterocycles. The number of primary amides is 1. The van der Waals surface area contributed by atoms with Crippen molar-refractivity contribution in [2.75, 3.05) is 11.9 Å². The van der Waals surface area contributed by atoms with E-state index in [0.29, 0.717) is 25.3 Å². The van der Waals surface area contributed by atoms with E-state index in [9.17, 15) is 9.59 Å². The van der Waals surface area contributed by atoms with Gasteiger partial charge in [0, 0.05) is 19.3 Å². The molecule has 0 saturated carbocycles. The third kappa shape index (κ3) is 2.51. The van der Waals surface area contributed by atoms with Gasteiger partial charge in [0.2, 0.25) is 0 Å². The first-order valence-electron chi connectivity index (χ1n) is 5.91. The first kappa shape index (κ1) is 12.6. The average molecular weight is 252 g/mol. The molecule has 3 N–H and O–H groups in total. The molecule has 0 radical (unpaired) electrons. The highest BCUT2D eigenvalue weighted by Crippen LogP contribution is 2.17. The Hall–Kier alpha value is -1.89. The topological polar surface area (TPSA) is 99.2 Å². The number of nitrogens with zero attached hydrogens (tertiary/aromatic N) is 2.